The van der Waals surface area contributed by atoms with Crippen molar-refractivity contribution in [1.82, 2.24) is 5.32 Å². The van der Waals surface area contributed by atoms with Gasteiger partial charge in [0, 0.05) is 12.1 Å². The fourth-order valence-electron chi connectivity index (χ4n) is 0.963. The number of nitrogens with one attached hydrogen (secondary N) is 1. The molecule has 2 nitrogen and oxygen atoms in total. The molecule has 0 saturated carbocycles. The van der Waals surface area contributed by atoms with Crippen LogP contribution in [0.1, 0.15) is 5.56 Å². The van der Waals surface area contributed by atoms with Crippen LogP contribution < -0.4 is 5.32 Å². The summed E-state index contributed by atoms with van der Waals surface area (Å²) < 4.78 is 13.0. The Balaban J connectivity index is 2.81. The van der Waals surface area contributed by atoms with Gasteiger partial charge in [-0.05, 0) is 25.2 Å². The van der Waals surface area contributed by atoms with E-state index in [4.69, 9.17) is 5.11 Å². The molecule has 0 atom stereocenters. The molecule has 2 N–H and O–H groups in total. The third-order valence-electron chi connectivity index (χ3n) is 1.60. The summed E-state index contributed by atoms with van der Waals surface area (Å²) in [5.74, 6) is -0.254. The average Bonchev–Trinajstić information content (AvgIpc) is 2.11. The number of phenols is 1. The molecule has 0 heterocycles. The van der Waals surface area contributed by atoms with Crippen LogP contribution in [0.2, 0.25) is 0 Å². The van der Waals surface area contributed by atoms with E-state index in [-0.39, 0.29) is 11.6 Å². The highest BCUT2D eigenvalue weighted by Gasteiger charge is 1.98. The maximum atomic E-state index is 13.0. The molecule has 0 amide bonds. The van der Waals surface area contributed by atoms with Crippen molar-refractivity contribution in [1.29, 1.82) is 0 Å². The highest BCUT2D eigenvalue weighted by atomic mass is 19.1. The molecule has 0 aromatic heterocycles. The summed E-state index contributed by atoms with van der Waals surface area (Å²) in [5, 5.41) is 12.0. The summed E-state index contributed by atoms with van der Waals surface area (Å²) >= 11 is 0. The molecule has 3 heteroatoms. The molecule has 1 aromatic carbocycles. The van der Waals surface area contributed by atoms with Crippen molar-refractivity contribution in [3.05, 3.63) is 35.7 Å². The Bertz CT molecular complexity index is 310. The van der Waals surface area contributed by atoms with E-state index in [1.165, 1.54) is 18.2 Å². The molecule has 1 aromatic rings. The summed E-state index contributed by atoms with van der Waals surface area (Å²) in [7, 11) is 1.81. The number of benzene rings is 1. The molecule has 1 rings (SSSR count). The van der Waals surface area contributed by atoms with Gasteiger partial charge in [0.1, 0.15) is 11.6 Å². The highest BCUT2D eigenvalue weighted by molar-refractivity contribution is 5.52. The number of hydrogen-bond acceptors (Lipinski definition) is 2. The zero-order valence-electron chi connectivity index (χ0n) is 7.42. The third-order valence-corrected chi connectivity index (χ3v) is 1.60. The van der Waals surface area contributed by atoms with Crippen LogP contribution in [0.15, 0.2) is 24.3 Å². The predicted octanol–water partition coefficient (Wildman–Crippen LogP) is 1.76. The van der Waals surface area contributed by atoms with Gasteiger partial charge in [0.15, 0.2) is 0 Å². The van der Waals surface area contributed by atoms with E-state index >= 15 is 0 Å². The lowest BCUT2D eigenvalue weighted by Crippen LogP contribution is -2.03. The van der Waals surface area contributed by atoms with Crippen molar-refractivity contribution in [2.24, 2.45) is 0 Å². The van der Waals surface area contributed by atoms with E-state index in [2.05, 4.69) is 5.32 Å². The van der Waals surface area contributed by atoms with E-state index in [9.17, 15) is 4.39 Å². The summed E-state index contributed by atoms with van der Waals surface area (Å²) in [5.41, 5.74) is 0.398. The molecule has 0 aliphatic heterocycles. The van der Waals surface area contributed by atoms with Gasteiger partial charge in [-0.15, -0.1) is 0 Å². The van der Waals surface area contributed by atoms with Crippen LogP contribution >= 0.6 is 0 Å². The standard InChI is InChI=1S/C10H12FNO/c1-12-6-2-3-8-7-9(13)4-5-10(8)11/h2-5,7,12-13H,6H2,1H3. The van der Waals surface area contributed by atoms with E-state index in [1.54, 1.807) is 12.2 Å². The molecule has 0 aliphatic carbocycles. The first-order valence-electron chi connectivity index (χ1n) is 4.03. The predicted molar refractivity (Wildman–Crippen MR) is 51.0 cm³/mol. The Hall–Kier alpha value is -1.35. The quantitative estimate of drug-likeness (QED) is 0.744. The van der Waals surface area contributed by atoms with Crippen LogP contribution in [0.5, 0.6) is 5.75 Å². The summed E-state index contributed by atoms with van der Waals surface area (Å²) in [6.45, 7) is 0.676. The van der Waals surface area contributed by atoms with Gasteiger partial charge < -0.3 is 10.4 Å². The summed E-state index contributed by atoms with van der Waals surface area (Å²) in [6.07, 6.45) is 3.42. The lowest BCUT2D eigenvalue weighted by atomic mass is 10.2. The van der Waals surface area contributed by atoms with E-state index < -0.39 is 0 Å². The van der Waals surface area contributed by atoms with Gasteiger partial charge in [0.2, 0.25) is 0 Å². The molecule has 13 heavy (non-hydrogen) atoms. The fourth-order valence-corrected chi connectivity index (χ4v) is 0.963. The van der Waals surface area contributed by atoms with Gasteiger partial charge in [-0.3, -0.25) is 0 Å². The lowest BCUT2D eigenvalue weighted by Gasteiger charge is -1.97. The fraction of sp³-hybridized carbons (Fsp3) is 0.200. The molecule has 70 valence electrons. The largest absolute Gasteiger partial charge is 0.508 e. The second-order valence-electron chi connectivity index (χ2n) is 2.67. The Morgan fingerprint density at radius 3 is 3.00 bits per heavy atom. The molecular formula is C10H12FNO. The van der Waals surface area contributed by atoms with E-state index in [1.807, 2.05) is 7.05 Å². The second kappa shape index (κ2) is 4.62. The maximum Gasteiger partial charge on any atom is 0.130 e. The van der Waals surface area contributed by atoms with Crippen LogP contribution in [0.4, 0.5) is 4.39 Å². The van der Waals surface area contributed by atoms with E-state index in [0.717, 1.165) is 0 Å². The number of rotatable bonds is 3. The Labute approximate surface area is 76.7 Å². The topological polar surface area (TPSA) is 32.3 Å². The minimum Gasteiger partial charge on any atom is -0.508 e. The summed E-state index contributed by atoms with van der Waals surface area (Å²) in [6, 6.07) is 3.96. The molecule has 0 saturated heterocycles. The van der Waals surface area contributed by atoms with Crippen molar-refractivity contribution in [3.63, 3.8) is 0 Å². The zero-order chi connectivity index (χ0) is 9.68. The van der Waals surface area contributed by atoms with Crippen LogP contribution in [0.3, 0.4) is 0 Å². The molecule has 0 fully saturated rings. The smallest absolute Gasteiger partial charge is 0.130 e. The number of aromatic hydroxyl groups is 1. The minimum absolute atomic E-state index is 0.0745. The van der Waals surface area contributed by atoms with E-state index in [0.29, 0.717) is 12.1 Å². The molecule has 0 radical (unpaired) electrons. The minimum atomic E-state index is -0.329. The molecular weight excluding hydrogens is 169 g/mol. The maximum absolute atomic E-state index is 13.0. The van der Waals surface area contributed by atoms with Gasteiger partial charge in [0.25, 0.3) is 0 Å². The number of halogens is 1. The Morgan fingerprint density at radius 1 is 1.54 bits per heavy atom. The molecule has 0 unspecified atom stereocenters. The number of phenolic OH excluding ortho intramolecular Hbond substituents is 1. The third kappa shape index (κ3) is 2.87. The van der Waals surface area contributed by atoms with Crippen molar-refractivity contribution in [2.75, 3.05) is 13.6 Å². The van der Waals surface area contributed by atoms with Gasteiger partial charge >= 0.3 is 0 Å². The van der Waals surface area contributed by atoms with Crippen LogP contribution in [0, 0.1) is 5.82 Å². The second-order valence-corrected chi connectivity index (χ2v) is 2.67. The SMILES string of the molecule is CNCC=Cc1cc(O)ccc1F. The van der Waals surface area contributed by atoms with Crippen molar-refractivity contribution >= 4 is 6.08 Å². The molecule has 0 aliphatic rings. The van der Waals surface area contributed by atoms with Gasteiger partial charge in [-0.25, -0.2) is 4.39 Å². The molecule has 0 spiro atoms. The van der Waals surface area contributed by atoms with Gasteiger partial charge in [-0.1, -0.05) is 12.2 Å². The number of hydrogen-bond donors (Lipinski definition) is 2. The average molecular weight is 181 g/mol. The van der Waals surface area contributed by atoms with Gasteiger partial charge in [-0.2, -0.15) is 0 Å². The van der Waals surface area contributed by atoms with Gasteiger partial charge in [0.05, 0.1) is 0 Å². The van der Waals surface area contributed by atoms with Crippen molar-refractivity contribution in [3.8, 4) is 5.75 Å². The summed E-state index contributed by atoms with van der Waals surface area (Å²) in [4.78, 5) is 0. The molecule has 0 bridgehead atoms. The van der Waals surface area contributed by atoms with Crippen LogP contribution in [0.25, 0.3) is 6.08 Å². The van der Waals surface area contributed by atoms with Crippen molar-refractivity contribution < 1.29 is 9.50 Å². The highest BCUT2D eigenvalue weighted by Crippen LogP contribution is 2.16. The number of likely N-dealkylation sites (N-methyl/N-ethyl adjacent to an activating group) is 1. The Morgan fingerprint density at radius 2 is 2.31 bits per heavy atom. The first-order valence-corrected chi connectivity index (χ1v) is 4.03. The van der Waals surface area contributed by atoms with Crippen LogP contribution in [-0.4, -0.2) is 18.7 Å². The Kier molecular flexibility index (Phi) is 3.46. The monoisotopic (exact) mass is 181 g/mol. The lowest BCUT2D eigenvalue weighted by molar-refractivity contribution is 0.473. The normalized spacial score (nSPS) is 10.9. The van der Waals surface area contributed by atoms with Crippen molar-refractivity contribution in [2.45, 2.75) is 0 Å². The van der Waals surface area contributed by atoms with Crippen LogP contribution in [-0.2, 0) is 0 Å². The first-order chi connectivity index (χ1) is 6.24. The zero-order valence-corrected chi connectivity index (χ0v) is 7.42. The first kappa shape index (κ1) is 9.74.